The average molecular weight is 542 g/mol. The summed E-state index contributed by atoms with van der Waals surface area (Å²) in [5.74, 6) is 0.573. The molecule has 0 aliphatic rings. The van der Waals surface area contributed by atoms with Gasteiger partial charge in [0.05, 0.1) is 17.9 Å². The van der Waals surface area contributed by atoms with Gasteiger partial charge in [-0.05, 0) is 60.0 Å². The number of carbonyl (C=O) groups is 1. The molecule has 4 aromatic rings. The number of aliphatic hydroxyl groups is 2. The summed E-state index contributed by atoms with van der Waals surface area (Å²) in [4.78, 5) is 11.1. The van der Waals surface area contributed by atoms with E-state index in [9.17, 15) is 20.1 Å². The number of carbonyl (C=O) groups excluding carboxylic acids is 1. The van der Waals surface area contributed by atoms with E-state index in [1.165, 1.54) is 0 Å². The number of phenolic OH excluding ortho intramolecular Hbond substituents is 1. The van der Waals surface area contributed by atoms with Gasteiger partial charge in [0.25, 0.3) is 0 Å². The summed E-state index contributed by atoms with van der Waals surface area (Å²) < 4.78 is 5.80. The van der Waals surface area contributed by atoms with Crippen LogP contribution in [0.5, 0.6) is 11.5 Å². The van der Waals surface area contributed by atoms with Gasteiger partial charge in [0.15, 0.2) is 0 Å². The fourth-order valence-corrected chi connectivity index (χ4v) is 4.23. The highest BCUT2D eigenvalue weighted by atomic mass is 16.5. The molecule has 0 aliphatic heterocycles. The maximum absolute atomic E-state index is 11.1. The predicted octanol–water partition coefficient (Wildman–Crippen LogP) is 4.55. The van der Waals surface area contributed by atoms with Crippen molar-refractivity contribution in [1.29, 1.82) is 0 Å². The number of amides is 1. The van der Waals surface area contributed by atoms with Gasteiger partial charge >= 0.3 is 0 Å². The van der Waals surface area contributed by atoms with E-state index in [1.807, 2.05) is 60.7 Å². The molecule has 6 N–H and O–H groups in total. The zero-order chi connectivity index (χ0) is 28.2. The molecule has 0 saturated heterocycles. The minimum absolute atomic E-state index is 0.135. The van der Waals surface area contributed by atoms with Gasteiger partial charge in [-0.3, -0.25) is 4.79 Å². The molecule has 0 spiro atoms. The second-order valence-electron chi connectivity index (χ2n) is 9.41. The normalized spacial score (nSPS) is 12.3. The zero-order valence-corrected chi connectivity index (χ0v) is 22.2. The molecule has 0 fully saturated rings. The van der Waals surface area contributed by atoms with E-state index < -0.39 is 12.2 Å². The smallest absolute Gasteiger partial charge is 0.211 e. The van der Waals surface area contributed by atoms with Crippen molar-refractivity contribution in [3.8, 4) is 11.5 Å². The largest absolute Gasteiger partial charge is 0.508 e. The van der Waals surface area contributed by atoms with Crippen LogP contribution in [0.2, 0.25) is 0 Å². The van der Waals surface area contributed by atoms with E-state index >= 15 is 0 Å². The van der Waals surface area contributed by atoms with Crippen LogP contribution >= 0.6 is 0 Å². The lowest BCUT2D eigenvalue weighted by Crippen LogP contribution is -2.23. The van der Waals surface area contributed by atoms with E-state index in [-0.39, 0.29) is 12.4 Å². The summed E-state index contributed by atoms with van der Waals surface area (Å²) in [6.45, 7) is 1.58. The van der Waals surface area contributed by atoms with Crippen LogP contribution in [0.1, 0.15) is 34.5 Å². The lowest BCUT2D eigenvalue weighted by Gasteiger charge is -2.16. The maximum atomic E-state index is 11.1. The Morgan fingerprint density at radius 2 is 1.52 bits per heavy atom. The molecule has 0 saturated carbocycles. The first-order valence-electron chi connectivity index (χ1n) is 13.2. The van der Waals surface area contributed by atoms with Gasteiger partial charge in [-0.15, -0.1) is 0 Å². The fourth-order valence-electron chi connectivity index (χ4n) is 4.23. The van der Waals surface area contributed by atoms with Crippen molar-refractivity contribution in [2.24, 2.45) is 0 Å². The van der Waals surface area contributed by atoms with E-state index in [4.69, 9.17) is 4.74 Å². The molecule has 2 atom stereocenters. The van der Waals surface area contributed by atoms with Gasteiger partial charge in [-0.1, -0.05) is 66.7 Å². The Kier molecular flexibility index (Phi) is 10.5. The molecule has 8 nitrogen and oxygen atoms in total. The molecule has 0 radical (unpaired) electrons. The number of phenols is 1. The molecule has 40 heavy (non-hydrogen) atoms. The van der Waals surface area contributed by atoms with Crippen molar-refractivity contribution >= 4 is 17.8 Å². The topological polar surface area (TPSA) is 123 Å². The van der Waals surface area contributed by atoms with Gasteiger partial charge in [0, 0.05) is 24.3 Å². The second-order valence-corrected chi connectivity index (χ2v) is 9.41. The van der Waals surface area contributed by atoms with Crippen LogP contribution in [0.25, 0.3) is 0 Å². The van der Waals surface area contributed by atoms with Crippen LogP contribution in [0.3, 0.4) is 0 Å². The third kappa shape index (κ3) is 8.31. The Balaban J connectivity index is 1.22. The highest BCUT2D eigenvalue weighted by Gasteiger charge is 2.13. The van der Waals surface area contributed by atoms with Crippen molar-refractivity contribution in [1.82, 2.24) is 5.32 Å². The van der Waals surface area contributed by atoms with Crippen LogP contribution in [0, 0.1) is 0 Å². The summed E-state index contributed by atoms with van der Waals surface area (Å²) in [5.41, 5.74) is 4.67. The van der Waals surface area contributed by atoms with Gasteiger partial charge in [0.1, 0.15) is 18.1 Å². The maximum Gasteiger partial charge on any atom is 0.211 e. The highest BCUT2D eigenvalue weighted by molar-refractivity contribution is 5.76. The third-order valence-corrected chi connectivity index (χ3v) is 6.54. The van der Waals surface area contributed by atoms with Crippen LogP contribution in [0.15, 0.2) is 97.1 Å². The Morgan fingerprint density at radius 3 is 2.27 bits per heavy atom. The Labute approximate surface area is 234 Å². The fraction of sp³-hybridized carbons (Fsp3) is 0.219. The lowest BCUT2D eigenvalue weighted by atomic mass is 10.1. The number of aliphatic hydroxyl groups excluding tert-OH is 2. The van der Waals surface area contributed by atoms with E-state index in [1.54, 1.807) is 36.4 Å². The molecule has 4 rings (SSSR count). The molecule has 0 aromatic heterocycles. The number of para-hydroxylation sites is 1. The van der Waals surface area contributed by atoms with Crippen molar-refractivity contribution in [2.75, 3.05) is 30.3 Å². The van der Waals surface area contributed by atoms with Gasteiger partial charge in [-0.25, -0.2) is 0 Å². The Bertz CT molecular complexity index is 1350. The average Bonchev–Trinajstić information content (AvgIpc) is 2.99. The minimum atomic E-state index is -0.776. The van der Waals surface area contributed by atoms with Gasteiger partial charge in [-0.2, -0.15) is 0 Å². The van der Waals surface area contributed by atoms with Gasteiger partial charge < -0.3 is 36.0 Å². The van der Waals surface area contributed by atoms with Crippen LogP contribution < -0.4 is 20.7 Å². The predicted molar refractivity (Wildman–Crippen MR) is 156 cm³/mol. The summed E-state index contributed by atoms with van der Waals surface area (Å²) >= 11 is 0. The first-order chi connectivity index (χ1) is 19.5. The molecule has 0 heterocycles. The van der Waals surface area contributed by atoms with Gasteiger partial charge in [0.2, 0.25) is 6.41 Å². The molecule has 1 amide bonds. The molecule has 0 bridgehead atoms. The number of rotatable bonds is 15. The van der Waals surface area contributed by atoms with E-state index in [2.05, 4.69) is 16.0 Å². The molecule has 208 valence electrons. The Hall–Kier alpha value is -4.37. The van der Waals surface area contributed by atoms with E-state index in [0.29, 0.717) is 48.6 Å². The molecule has 8 heteroatoms. The number of hydrogen-bond acceptors (Lipinski definition) is 7. The molecule has 0 aliphatic carbocycles. The van der Waals surface area contributed by atoms with E-state index in [0.717, 1.165) is 23.2 Å². The first kappa shape index (κ1) is 28.6. The summed E-state index contributed by atoms with van der Waals surface area (Å²) in [6.07, 6.45) is -0.00388. The number of ether oxygens (including phenoxy) is 1. The third-order valence-electron chi connectivity index (χ3n) is 6.54. The number of aromatic hydroxyl groups is 1. The molecule has 0 unspecified atom stereocenters. The highest BCUT2D eigenvalue weighted by Crippen LogP contribution is 2.29. The second kappa shape index (κ2) is 14.7. The summed E-state index contributed by atoms with van der Waals surface area (Å²) in [7, 11) is 0. The summed E-state index contributed by atoms with van der Waals surface area (Å²) in [5, 5.41) is 40.1. The first-order valence-corrected chi connectivity index (χ1v) is 13.2. The number of hydrogen-bond donors (Lipinski definition) is 6. The van der Waals surface area contributed by atoms with Crippen LogP contribution in [0.4, 0.5) is 11.4 Å². The van der Waals surface area contributed by atoms with Crippen molar-refractivity contribution < 1.29 is 24.9 Å². The lowest BCUT2D eigenvalue weighted by molar-refractivity contribution is -0.105. The standard InChI is InChI=1S/C32H35N3O5/c36-22-35-28-18-25(12-15-32(28)40-21-26-8-4-5-9-29(26)37)30(38)19-33-17-16-23-10-13-27(14-11-23)34-20-31(39)24-6-2-1-3-7-24/h1-15,18,22,30-31,33-34,37-39H,16-17,19-21H2,(H,35,36)/t30-,31-/m0/s1. The minimum Gasteiger partial charge on any atom is -0.508 e. The number of anilines is 2. The van der Waals surface area contributed by atoms with Crippen LogP contribution in [-0.4, -0.2) is 41.4 Å². The van der Waals surface area contributed by atoms with Crippen molar-refractivity contribution in [2.45, 2.75) is 25.2 Å². The number of nitrogens with one attached hydrogen (secondary N) is 3. The number of benzene rings is 4. The molecular weight excluding hydrogens is 506 g/mol. The van der Waals surface area contributed by atoms with Crippen LogP contribution in [-0.2, 0) is 17.8 Å². The molecular formula is C32H35N3O5. The van der Waals surface area contributed by atoms with Crippen molar-refractivity contribution in [3.05, 3.63) is 119 Å². The quantitative estimate of drug-likeness (QED) is 0.0964. The monoisotopic (exact) mass is 541 g/mol. The Morgan fingerprint density at radius 1 is 0.800 bits per heavy atom. The SMILES string of the molecule is O=CNc1cc([C@@H](O)CNCCc2ccc(NC[C@H](O)c3ccccc3)cc2)ccc1OCc1ccccc1O. The summed E-state index contributed by atoms with van der Waals surface area (Å²) in [6, 6.07) is 29.6. The zero-order valence-electron chi connectivity index (χ0n) is 22.2. The van der Waals surface area contributed by atoms with Crippen molar-refractivity contribution in [3.63, 3.8) is 0 Å². The molecule has 4 aromatic carbocycles.